The van der Waals surface area contributed by atoms with Crippen molar-refractivity contribution in [1.29, 1.82) is 0 Å². The summed E-state index contributed by atoms with van der Waals surface area (Å²) in [5, 5.41) is 0.454. The van der Waals surface area contributed by atoms with E-state index >= 15 is 0 Å². The van der Waals surface area contributed by atoms with Gasteiger partial charge in [0, 0.05) is 18.0 Å². The van der Waals surface area contributed by atoms with Crippen LogP contribution in [0.5, 0.6) is 0 Å². The molecule has 0 bridgehead atoms. The van der Waals surface area contributed by atoms with Gasteiger partial charge in [-0.2, -0.15) is 0 Å². The Morgan fingerprint density at radius 1 is 1.09 bits per heavy atom. The van der Waals surface area contributed by atoms with Crippen molar-refractivity contribution in [3.63, 3.8) is 0 Å². The molecule has 2 N–H and O–H groups in total. The first kappa shape index (κ1) is 16.0. The van der Waals surface area contributed by atoms with Crippen LogP contribution >= 0.6 is 11.6 Å². The molecule has 0 aliphatic carbocycles. The lowest BCUT2D eigenvalue weighted by Crippen LogP contribution is -2.27. The highest BCUT2D eigenvalue weighted by atomic mass is 35.5. The standard InChI is InChI=1S/C16H16ClN3O2S/c17-13-6-2-1-5-12(13)11-23(21,22)18-10-9-16-19-14-7-3-4-8-15(14)20-16/h1-8,18H,9-11H2,(H,19,20). The van der Waals surface area contributed by atoms with E-state index in [1.165, 1.54) is 0 Å². The summed E-state index contributed by atoms with van der Waals surface area (Å²) in [7, 11) is -3.43. The highest BCUT2D eigenvalue weighted by molar-refractivity contribution is 7.88. The molecule has 0 saturated carbocycles. The molecule has 0 fully saturated rings. The number of hydrogen-bond donors (Lipinski definition) is 2. The van der Waals surface area contributed by atoms with Crippen LogP contribution in [0, 0.1) is 0 Å². The van der Waals surface area contributed by atoms with Crippen LogP contribution in [0.15, 0.2) is 48.5 Å². The molecule has 0 aliphatic rings. The maximum Gasteiger partial charge on any atom is 0.215 e. The molecular formula is C16H16ClN3O2S. The van der Waals surface area contributed by atoms with Gasteiger partial charge in [0.1, 0.15) is 5.82 Å². The summed E-state index contributed by atoms with van der Waals surface area (Å²) in [5.41, 5.74) is 2.41. The summed E-state index contributed by atoms with van der Waals surface area (Å²) in [6.45, 7) is 0.284. The highest BCUT2D eigenvalue weighted by Crippen LogP contribution is 2.17. The van der Waals surface area contributed by atoms with Crippen molar-refractivity contribution in [2.24, 2.45) is 0 Å². The number of hydrogen-bond acceptors (Lipinski definition) is 3. The molecule has 3 aromatic rings. The molecule has 7 heteroatoms. The first-order chi connectivity index (χ1) is 11.0. The summed E-state index contributed by atoms with van der Waals surface area (Å²) >= 11 is 6.00. The Morgan fingerprint density at radius 3 is 2.61 bits per heavy atom. The average Bonchev–Trinajstić information content (AvgIpc) is 2.92. The molecule has 0 saturated heterocycles. The van der Waals surface area contributed by atoms with Gasteiger partial charge in [0.15, 0.2) is 0 Å². The predicted octanol–water partition coefficient (Wildman–Crippen LogP) is 2.88. The zero-order valence-corrected chi connectivity index (χ0v) is 13.9. The van der Waals surface area contributed by atoms with Crippen molar-refractivity contribution in [1.82, 2.24) is 14.7 Å². The third kappa shape index (κ3) is 4.10. The molecule has 0 spiro atoms. The number of para-hydroxylation sites is 2. The molecule has 0 aliphatic heterocycles. The molecular weight excluding hydrogens is 334 g/mol. The van der Waals surface area contributed by atoms with E-state index in [0.29, 0.717) is 17.0 Å². The summed E-state index contributed by atoms with van der Waals surface area (Å²) in [6, 6.07) is 14.6. The number of nitrogens with one attached hydrogen (secondary N) is 2. The molecule has 0 unspecified atom stereocenters. The van der Waals surface area contributed by atoms with Crippen molar-refractivity contribution in [2.75, 3.05) is 6.54 Å². The Hall–Kier alpha value is -1.89. The number of fused-ring (bicyclic) bond motifs is 1. The van der Waals surface area contributed by atoms with E-state index in [4.69, 9.17) is 11.6 Å². The number of H-pyrrole nitrogens is 1. The first-order valence-corrected chi connectivity index (χ1v) is 9.21. The molecule has 2 aromatic carbocycles. The zero-order valence-electron chi connectivity index (χ0n) is 12.3. The Bertz CT molecular complexity index is 889. The lowest BCUT2D eigenvalue weighted by atomic mass is 10.2. The Labute approximate surface area is 139 Å². The van der Waals surface area contributed by atoms with Gasteiger partial charge in [-0.3, -0.25) is 0 Å². The number of rotatable bonds is 6. The fraction of sp³-hybridized carbons (Fsp3) is 0.188. The van der Waals surface area contributed by atoms with Gasteiger partial charge in [0.25, 0.3) is 0 Å². The van der Waals surface area contributed by atoms with Crippen LogP contribution in [0.1, 0.15) is 11.4 Å². The fourth-order valence-electron chi connectivity index (χ4n) is 2.32. The van der Waals surface area contributed by atoms with Crippen molar-refractivity contribution in [2.45, 2.75) is 12.2 Å². The number of imidazole rings is 1. The van der Waals surface area contributed by atoms with Gasteiger partial charge in [-0.25, -0.2) is 18.1 Å². The van der Waals surface area contributed by atoms with Crippen LogP contribution in [0.4, 0.5) is 0 Å². The molecule has 0 atom stereocenters. The Balaban J connectivity index is 1.60. The topological polar surface area (TPSA) is 74.8 Å². The van der Waals surface area contributed by atoms with E-state index in [0.717, 1.165) is 16.9 Å². The lowest BCUT2D eigenvalue weighted by Gasteiger charge is -2.07. The van der Waals surface area contributed by atoms with Crippen LogP contribution in [-0.2, 0) is 22.2 Å². The predicted molar refractivity (Wildman–Crippen MR) is 91.9 cm³/mol. The van der Waals surface area contributed by atoms with E-state index in [2.05, 4.69) is 14.7 Å². The summed E-state index contributed by atoms with van der Waals surface area (Å²) < 4.78 is 26.8. The molecule has 120 valence electrons. The lowest BCUT2D eigenvalue weighted by molar-refractivity contribution is 0.580. The number of nitrogens with zero attached hydrogens (tertiary/aromatic N) is 1. The smallest absolute Gasteiger partial charge is 0.215 e. The minimum absolute atomic E-state index is 0.132. The van der Waals surface area contributed by atoms with Gasteiger partial charge < -0.3 is 4.98 Å². The monoisotopic (exact) mass is 349 g/mol. The van der Waals surface area contributed by atoms with Crippen LogP contribution in [0.25, 0.3) is 11.0 Å². The summed E-state index contributed by atoms with van der Waals surface area (Å²) in [6.07, 6.45) is 0.496. The SMILES string of the molecule is O=S(=O)(Cc1ccccc1Cl)NCCc1nc2ccccc2[nH]1. The number of aromatic amines is 1. The Morgan fingerprint density at radius 2 is 1.83 bits per heavy atom. The minimum Gasteiger partial charge on any atom is -0.342 e. The van der Waals surface area contributed by atoms with Crippen molar-refractivity contribution in [3.8, 4) is 0 Å². The van der Waals surface area contributed by atoms with Gasteiger partial charge >= 0.3 is 0 Å². The third-order valence-electron chi connectivity index (χ3n) is 3.43. The molecule has 23 heavy (non-hydrogen) atoms. The average molecular weight is 350 g/mol. The molecule has 1 heterocycles. The number of sulfonamides is 1. The second-order valence-corrected chi connectivity index (χ2v) is 7.41. The van der Waals surface area contributed by atoms with E-state index < -0.39 is 10.0 Å². The van der Waals surface area contributed by atoms with Crippen LogP contribution < -0.4 is 4.72 Å². The van der Waals surface area contributed by atoms with Gasteiger partial charge in [-0.15, -0.1) is 0 Å². The maximum absolute atomic E-state index is 12.1. The van der Waals surface area contributed by atoms with E-state index in [1.807, 2.05) is 24.3 Å². The van der Waals surface area contributed by atoms with E-state index in [-0.39, 0.29) is 12.3 Å². The number of halogens is 1. The van der Waals surface area contributed by atoms with Gasteiger partial charge in [0.2, 0.25) is 10.0 Å². The molecule has 1 aromatic heterocycles. The van der Waals surface area contributed by atoms with Gasteiger partial charge in [0.05, 0.1) is 16.8 Å². The van der Waals surface area contributed by atoms with Gasteiger partial charge in [-0.05, 0) is 23.8 Å². The second-order valence-electron chi connectivity index (χ2n) is 5.20. The van der Waals surface area contributed by atoms with Crippen LogP contribution in [-0.4, -0.2) is 24.9 Å². The maximum atomic E-state index is 12.1. The second kappa shape index (κ2) is 6.70. The minimum atomic E-state index is -3.43. The number of aromatic nitrogens is 2. The van der Waals surface area contributed by atoms with Gasteiger partial charge in [-0.1, -0.05) is 41.9 Å². The van der Waals surface area contributed by atoms with Crippen molar-refractivity contribution < 1.29 is 8.42 Å². The number of benzene rings is 2. The summed E-state index contributed by atoms with van der Waals surface area (Å²) in [4.78, 5) is 7.59. The molecule has 0 amide bonds. The van der Waals surface area contributed by atoms with E-state index in [9.17, 15) is 8.42 Å². The third-order valence-corrected chi connectivity index (χ3v) is 5.13. The van der Waals surface area contributed by atoms with Crippen molar-refractivity contribution in [3.05, 3.63) is 64.9 Å². The zero-order chi connectivity index (χ0) is 16.3. The molecule has 5 nitrogen and oxygen atoms in total. The summed E-state index contributed by atoms with van der Waals surface area (Å²) in [5.74, 6) is 0.624. The fourth-order valence-corrected chi connectivity index (χ4v) is 3.78. The van der Waals surface area contributed by atoms with E-state index in [1.54, 1.807) is 24.3 Å². The normalized spacial score (nSPS) is 11.9. The van der Waals surface area contributed by atoms with Crippen LogP contribution in [0.2, 0.25) is 5.02 Å². The van der Waals surface area contributed by atoms with Crippen LogP contribution in [0.3, 0.4) is 0 Å². The molecule has 3 rings (SSSR count). The quantitative estimate of drug-likeness (QED) is 0.718. The first-order valence-electron chi connectivity index (χ1n) is 7.18. The molecule has 0 radical (unpaired) electrons. The Kier molecular flexibility index (Phi) is 4.66. The highest BCUT2D eigenvalue weighted by Gasteiger charge is 2.13. The van der Waals surface area contributed by atoms with Crippen molar-refractivity contribution >= 4 is 32.7 Å². The largest absolute Gasteiger partial charge is 0.342 e.